The standard InChI is InChI=1S/C16H28N4O3/c1-17-15(22)19-9-6-16(7-10-19)13-20(11-12-23-16)14(21)5-4-8-18(2)3/h4-5H,6-13H2,1-3H3,(H,17,22)/b5-4+. The molecule has 0 aromatic heterocycles. The molecule has 0 atom stereocenters. The van der Waals surface area contributed by atoms with Crippen molar-refractivity contribution in [2.75, 3.05) is 60.5 Å². The van der Waals surface area contributed by atoms with Gasteiger partial charge in [0.15, 0.2) is 0 Å². The maximum absolute atomic E-state index is 12.3. The van der Waals surface area contributed by atoms with Gasteiger partial charge in [0.1, 0.15) is 0 Å². The number of nitrogens with zero attached hydrogens (tertiary/aromatic N) is 3. The Bertz CT molecular complexity index is 456. The molecule has 0 radical (unpaired) electrons. The highest BCUT2D eigenvalue weighted by Gasteiger charge is 2.41. The Labute approximate surface area is 138 Å². The molecule has 7 heteroatoms. The van der Waals surface area contributed by atoms with E-state index < -0.39 is 0 Å². The Morgan fingerprint density at radius 1 is 1.22 bits per heavy atom. The highest BCUT2D eigenvalue weighted by atomic mass is 16.5. The lowest BCUT2D eigenvalue weighted by Crippen LogP contribution is -2.59. The van der Waals surface area contributed by atoms with Crippen LogP contribution >= 0.6 is 0 Å². The van der Waals surface area contributed by atoms with Gasteiger partial charge in [-0.05, 0) is 26.9 Å². The number of likely N-dealkylation sites (N-methyl/N-ethyl adjacent to an activating group) is 1. The number of amides is 3. The molecule has 1 N–H and O–H groups in total. The molecule has 0 aliphatic carbocycles. The van der Waals surface area contributed by atoms with E-state index in [1.54, 1.807) is 18.0 Å². The number of likely N-dealkylation sites (tertiary alicyclic amines) is 1. The number of ether oxygens (including phenoxy) is 1. The van der Waals surface area contributed by atoms with Crippen LogP contribution in [0, 0.1) is 0 Å². The van der Waals surface area contributed by atoms with Gasteiger partial charge in [-0.3, -0.25) is 4.79 Å². The first-order chi connectivity index (χ1) is 11.0. The summed E-state index contributed by atoms with van der Waals surface area (Å²) in [4.78, 5) is 29.7. The van der Waals surface area contributed by atoms with Crippen molar-refractivity contribution in [3.63, 3.8) is 0 Å². The molecular formula is C16H28N4O3. The van der Waals surface area contributed by atoms with Crippen LogP contribution in [0.25, 0.3) is 0 Å². The van der Waals surface area contributed by atoms with Gasteiger partial charge in [-0.15, -0.1) is 0 Å². The molecule has 2 aliphatic heterocycles. The molecule has 2 rings (SSSR count). The monoisotopic (exact) mass is 324 g/mol. The molecule has 2 saturated heterocycles. The van der Waals surface area contributed by atoms with Crippen molar-refractivity contribution in [1.29, 1.82) is 0 Å². The number of nitrogens with one attached hydrogen (secondary N) is 1. The first kappa shape index (κ1) is 17.7. The lowest BCUT2D eigenvalue weighted by Gasteiger charge is -2.47. The van der Waals surface area contributed by atoms with Crippen molar-refractivity contribution in [3.05, 3.63) is 12.2 Å². The van der Waals surface area contributed by atoms with Gasteiger partial charge in [-0.2, -0.15) is 0 Å². The summed E-state index contributed by atoms with van der Waals surface area (Å²) < 4.78 is 6.01. The zero-order valence-corrected chi connectivity index (χ0v) is 14.4. The van der Waals surface area contributed by atoms with Gasteiger partial charge < -0.3 is 24.8 Å². The average Bonchev–Trinajstić information content (AvgIpc) is 2.54. The molecular weight excluding hydrogens is 296 g/mol. The third-order valence-electron chi connectivity index (χ3n) is 4.47. The van der Waals surface area contributed by atoms with E-state index in [2.05, 4.69) is 5.32 Å². The lowest BCUT2D eigenvalue weighted by molar-refractivity contribution is -0.154. The van der Waals surface area contributed by atoms with E-state index >= 15 is 0 Å². The summed E-state index contributed by atoms with van der Waals surface area (Å²) in [5.74, 6) is 0.0447. The number of urea groups is 1. The van der Waals surface area contributed by atoms with Crippen molar-refractivity contribution in [3.8, 4) is 0 Å². The molecule has 0 aromatic rings. The van der Waals surface area contributed by atoms with Gasteiger partial charge in [0.2, 0.25) is 5.91 Å². The molecule has 0 saturated carbocycles. The summed E-state index contributed by atoms with van der Waals surface area (Å²) in [6, 6.07) is -0.0461. The molecule has 0 unspecified atom stereocenters. The molecule has 2 heterocycles. The molecule has 2 fully saturated rings. The summed E-state index contributed by atoms with van der Waals surface area (Å²) in [5, 5.41) is 2.65. The van der Waals surface area contributed by atoms with Crippen LogP contribution in [0.15, 0.2) is 12.2 Å². The van der Waals surface area contributed by atoms with Crippen molar-refractivity contribution in [1.82, 2.24) is 20.0 Å². The van der Waals surface area contributed by atoms with Gasteiger partial charge in [0.25, 0.3) is 0 Å². The highest BCUT2D eigenvalue weighted by Crippen LogP contribution is 2.30. The van der Waals surface area contributed by atoms with Crippen molar-refractivity contribution < 1.29 is 14.3 Å². The number of morpholine rings is 1. The van der Waals surface area contributed by atoms with Crippen LogP contribution < -0.4 is 5.32 Å². The van der Waals surface area contributed by atoms with Gasteiger partial charge in [-0.1, -0.05) is 6.08 Å². The molecule has 0 aromatic carbocycles. The first-order valence-electron chi connectivity index (χ1n) is 8.16. The van der Waals surface area contributed by atoms with E-state index in [9.17, 15) is 9.59 Å². The molecule has 130 valence electrons. The number of rotatable bonds is 3. The Kier molecular flexibility index (Phi) is 6.01. The maximum atomic E-state index is 12.3. The third kappa shape index (κ3) is 4.68. The number of piperidine rings is 1. The summed E-state index contributed by atoms with van der Waals surface area (Å²) in [7, 11) is 5.59. The molecule has 3 amide bonds. The van der Waals surface area contributed by atoms with Gasteiger partial charge >= 0.3 is 6.03 Å². The minimum absolute atomic E-state index is 0.0447. The van der Waals surface area contributed by atoms with Crippen LogP contribution in [0.3, 0.4) is 0 Å². The highest BCUT2D eigenvalue weighted by molar-refractivity contribution is 5.87. The Hall–Kier alpha value is -1.60. The van der Waals surface area contributed by atoms with Crippen LogP contribution in [0.4, 0.5) is 4.79 Å². The number of hydrogen-bond donors (Lipinski definition) is 1. The van der Waals surface area contributed by atoms with Crippen LogP contribution in [0.2, 0.25) is 0 Å². The average molecular weight is 324 g/mol. The topological polar surface area (TPSA) is 65.1 Å². The molecule has 23 heavy (non-hydrogen) atoms. The number of hydrogen-bond acceptors (Lipinski definition) is 4. The minimum Gasteiger partial charge on any atom is -0.371 e. The largest absolute Gasteiger partial charge is 0.371 e. The van der Waals surface area contributed by atoms with Crippen LogP contribution in [0.5, 0.6) is 0 Å². The normalized spacial score (nSPS) is 21.2. The van der Waals surface area contributed by atoms with E-state index in [0.717, 1.165) is 19.4 Å². The van der Waals surface area contributed by atoms with Crippen LogP contribution in [0.1, 0.15) is 12.8 Å². The second-order valence-corrected chi connectivity index (χ2v) is 6.50. The van der Waals surface area contributed by atoms with Crippen LogP contribution in [-0.2, 0) is 9.53 Å². The summed E-state index contributed by atoms with van der Waals surface area (Å²) in [6.07, 6.45) is 5.08. The summed E-state index contributed by atoms with van der Waals surface area (Å²) in [5.41, 5.74) is -0.298. The molecule has 0 bridgehead atoms. The molecule has 2 aliphatic rings. The zero-order chi connectivity index (χ0) is 16.9. The quantitative estimate of drug-likeness (QED) is 0.750. The van der Waals surface area contributed by atoms with E-state index in [-0.39, 0.29) is 17.5 Å². The summed E-state index contributed by atoms with van der Waals surface area (Å²) >= 11 is 0. The SMILES string of the molecule is CNC(=O)N1CCC2(CC1)CN(C(=O)/C=C/CN(C)C)CCO2. The van der Waals surface area contributed by atoms with E-state index in [1.165, 1.54) is 0 Å². The Morgan fingerprint density at radius 3 is 2.52 bits per heavy atom. The van der Waals surface area contributed by atoms with Crippen molar-refractivity contribution in [2.24, 2.45) is 0 Å². The van der Waals surface area contributed by atoms with Gasteiger partial charge in [0, 0.05) is 39.3 Å². The first-order valence-corrected chi connectivity index (χ1v) is 8.16. The summed E-state index contributed by atoms with van der Waals surface area (Å²) in [6.45, 7) is 3.89. The fraction of sp³-hybridized carbons (Fsp3) is 0.750. The van der Waals surface area contributed by atoms with E-state index in [0.29, 0.717) is 32.8 Å². The second kappa shape index (κ2) is 7.79. The van der Waals surface area contributed by atoms with E-state index in [4.69, 9.17) is 4.74 Å². The Balaban J connectivity index is 1.89. The number of carbonyl (C=O) groups excluding carboxylic acids is 2. The minimum atomic E-state index is -0.298. The second-order valence-electron chi connectivity index (χ2n) is 6.50. The fourth-order valence-electron chi connectivity index (χ4n) is 3.08. The fourth-order valence-corrected chi connectivity index (χ4v) is 3.08. The van der Waals surface area contributed by atoms with Gasteiger partial charge in [0.05, 0.1) is 18.8 Å². The lowest BCUT2D eigenvalue weighted by atomic mass is 9.89. The Morgan fingerprint density at radius 2 is 1.91 bits per heavy atom. The van der Waals surface area contributed by atoms with E-state index in [1.807, 2.05) is 30.0 Å². The third-order valence-corrected chi connectivity index (χ3v) is 4.47. The molecule has 7 nitrogen and oxygen atoms in total. The predicted molar refractivity (Wildman–Crippen MR) is 88.2 cm³/mol. The number of carbonyl (C=O) groups is 2. The van der Waals surface area contributed by atoms with Crippen molar-refractivity contribution in [2.45, 2.75) is 18.4 Å². The van der Waals surface area contributed by atoms with Crippen LogP contribution in [-0.4, -0.2) is 92.7 Å². The molecule has 1 spiro atoms. The zero-order valence-electron chi connectivity index (χ0n) is 14.4. The predicted octanol–water partition coefficient (Wildman–Crippen LogP) is 0.137. The maximum Gasteiger partial charge on any atom is 0.317 e. The van der Waals surface area contributed by atoms with Gasteiger partial charge in [-0.25, -0.2) is 4.79 Å². The van der Waals surface area contributed by atoms with Crippen molar-refractivity contribution >= 4 is 11.9 Å². The smallest absolute Gasteiger partial charge is 0.317 e.